The van der Waals surface area contributed by atoms with Crippen LogP contribution in [0.2, 0.25) is 0 Å². The molecule has 0 unspecified atom stereocenters. The molecule has 2 rings (SSSR count). The monoisotopic (exact) mass is 255 g/mol. The van der Waals surface area contributed by atoms with Crippen LogP contribution in [-0.2, 0) is 0 Å². The van der Waals surface area contributed by atoms with Crippen LogP contribution < -0.4 is 9.64 Å². The van der Waals surface area contributed by atoms with Gasteiger partial charge < -0.3 is 9.64 Å². The minimum Gasteiger partial charge on any atom is -0.478 e. The highest BCUT2D eigenvalue weighted by Crippen LogP contribution is 2.31. The van der Waals surface area contributed by atoms with Crippen LogP contribution >= 0.6 is 11.6 Å². The molecule has 1 aromatic heterocycles. The molecule has 5 heteroatoms. The SMILES string of the molecule is CCOc1cc(N(CCCl)C2CC2)nc(C)n1. The van der Waals surface area contributed by atoms with E-state index in [1.165, 1.54) is 12.8 Å². The van der Waals surface area contributed by atoms with Crippen LogP contribution in [0, 0.1) is 6.92 Å². The van der Waals surface area contributed by atoms with E-state index in [-0.39, 0.29) is 0 Å². The van der Waals surface area contributed by atoms with Crippen molar-refractivity contribution in [2.24, 2.45) is 0 Å². The van der Waals surface area contributed by atoms with Crippen LogP contribution in [0.25, 0.3) is 0 Å². The van der Waals surface area contributed by atoms with Crippen LogP contribution in [0.4, 0.5) is 5.82 Å². The number of hydrogen-bond donors (Lipinski definition) is 0. The van der Waals surface area contributed by atoms with Gasteiger partial charge in [-0.05, 0) is 26.7 Å². The van der Waals surface area contributed by atoms with E-state index >= 15 is 0 Å². The average Bonchev–Trinajstić information content (AvgIpc) is 3.09. The minimum absolute atomic E-state index is 0.595. The van der Waals surface area contributed by atoms with Crippen molar-refractivity contribution in [3.63, 3.8) is 0 Å². The van der Waals surface area contributed by atoms with Crippen LogP contribution in [-0.4, -0.2) is 35.0 Å². The Bertz CT molecular complexity index is 382. The van der Waals surface area contributed by atoms with Gasteiger partial charge in [-0.1, -0.05) is 0 Å². The molecule has 0 aromatic carbocycles. The zero-order valence-corrected chi connectivity index (χ0v) is 11.1. The first-order valence-corrected chi connectivity index (χ1v) is 6.59. The molecule has 4 nitrogen and oxygen atoms in total. The van der Waals surface area contributed by atoms with Gasteiger partial charge in [-0.15, -0.1) is 11.6 Å². The van der Waals surface area contributed by atoms with Gasteiger partial charge >= 0.3 is 0 Å². The first-order valence-electron chi connectivity index (χ1n) is 6.05. The maximum atomic E-state index is 5.84. The Morgan fingerprint density at radius 1 is 1.47 bits per heavy atom. The summed E-state index contributed by atoms with van der Waals surface area (Å²) in [6.07, 6.45) is 2.45. The summed E-state index contributed by atoms with van der Waals surface area (Å²) in [5, 5.41) is 0. The van der Waals surface area contributed by atoms with E-state index < -0.39 is 0 Å². The van der Waals surface area contributed by atoms with Crippen LogP contribution in [0.15, 0.2) is 6.07 Å². The zero-order chi connectivity index (χ0) is 12.3. The fraction of sp³-hybridized carbons (Fsp3) is 0.667. The van der Waals surface area contributed by atoms with Gasteiger partial charge in [-0.25, -0.2) is 4.98 Å². The summed E-state index contributed by atoms with van der Waals surface area (Å²) in [5.41, 5.74) is 0. The van der Waals surface area contributed by atoms with E-state index in [4.69, 9.17) is 16.3 Å². The molecule has 17 heavy (non-hydrogen) atoms. The Morgan fingerprint density at radius 2 is 2.24 bits per heavy atom. The van der Waals surface area contributed by atoms with Crippen molar-refractivity contribution in [2.75, 3.05) is 23.9 Å². The van der Waals surface area contributed by atoms with E-state index in [2.05, 4.69) is 14.9 Å². The van der Waals surface area contributed by atoms with E-state index in [0.717, 1.165) is 18.2 Å². The predicted octanol–water partition coefficient (Wildman–Crippen LogP) is 2.39. The van der Waals surface area contributed by atoms with Crippen molar-refractivity contribution in [3.8, 4) is 5.88 Å². The van der Waals surface area contributed by atoms with Crippen molar-refractivity contribution in [3.05, 3.63) is 11.9 Å². The summed E-state index contributed by atoms with van der Waals surface area (Å²) >= 11 is 5.84. The Morgan fingerprint density at radius 3 is 2.82 bits per heavy atom. The smallest absolute Gasteiger partial charge is 0.218 e. The first-order chi connectivity index (χ1) is 8.24. The van der Waals surface area contributed by atoms with Crippen molar-refractivity contribution >= 4 is 17.4 Å². The number of alkyl halides is 1. The molecule has 1 aliphatic carbocycles. The molecule has 1 aliphatic rings. The third-order valence-corrected chi connectivity index (χ3v) is 2.87. The van der Waals surface area contributed by atoms with Gasteiger partial charge in [0.1, 0.15) is 11.6 Å². The van der Waals surface area contributed by atoms with Gasteiger partial charge in [0, 0.05) is 24.5 Å². The number of rotatable bonds is 6. The summed E-state index contributed by atoms with van der Waals surface area (Å²) in [5.74, 6) is 2.94. The summed E-state index contributed by atoms with van der Waals surface area (Å²) in [4.78, 5) is 11.0. The predicted molar refractivity (Wildman–Crippen MR) is 69.0 cm³/mol. The number of anilines is 1. The van der Waals surface area contributed by atoms with Crippen LogP contribution in [0.3, 0.4) is 0 Å². The van der Waals surface area contributed by atoms with E-state index in [1.54, 1.807) is 0 Å². The van der Waals surface area contributed by atoms with Crippen molar-refractivity contribution in [1.82, 2.24) is 9.97 Å². The maximum absolute atomic E-state index is 5.84. The number of ether oxygens (including phenoxy) is 1. The molecule has 1 fully saturated rings. The summed E-state index contributed by atoms with van der Waals surface area (Å²) < 4.78 is 5.45. The topological polar surface area (TPSA) is 38.2 Å². The number of halogens is 1. The molecule has 0 aliphatic heterocycles. The van der Waals surface area contributed by atoms with Gasteiger partial charge in [0.05, 0.1) is 6.61 Å². The molecule has 0 N–H and O–H groups in total. The van der Waals surface area contributed by atoms with Crippen molar-refractivity contribution < 1.29 is 4.74 Å². The third-order valence-electron chi connectivity index (χ3n) is 2.70. The fourth-order valence-electron chi connectivity index (χ4n) is 1.86. The summed E-state index contributed by atoms with van der Waals surface area (Å²) in [6, 6.07) is 2.50. The largest absolute Gasteiger partial charge is 0.478 e. The zero-order valence-electron chi connectivity index (χ0n) is 10.3. The van der Waals surface area contributed by atoms with Gasteiger partial charge in [-0.3, -0.25) is 0 Å². The number of hydrogen-bond acceptors (Lipinski definition) is 4. The van der Waals surface area contributed by atoms with E-state index in [0.29, 0.717) is 24.4 Å². The molecule has 1 aromatic rings. The molecule has 0 radical (unpaired) electrons. The maximum Gasteiger partial charge on any atom is 0.218 e. The first kappa shape index (κ1) is 12.4. The Kier molecular flexibility index (Phi) is 4.05. The lowest BCUT2D eigenvalue weighted by Crippen LogP contribution is -2.29. The van der Waals surface area contributed by atoms with Gasteiger partial charge in [0.2, 0.25) is 5.88 Å². The van der Waals surface area contributed by atoms with Crippen molar-refractivity contribution in [2.45, 2.75) is 32.7 Å². The standard InChI is InChI=1S/C12H18ClN3O/c1-3-17-12-8-11(14-9(2)15-12)16(7-6-13)10-4-5-10/h8,10H,3-7H2,1-2H3. The van der Waals surface area contributed by atoms with Gasteiger partial charge in [0.15, 0.2) is 0 Å². The summed E-state index contributed by atoms with van der Waals surface area (Å²) in [7, 11) is 0. The Labute approximate surface area is 107 Å². The normalized spacial score (nSPS) is 14.8. The second-order valence-corrected chi connectivity index (χ2v) is 4.54. The third kappa shape index (κ3) is 3.22. The highest BCUT2D eigenvalue weighted by atomic mass is 35.5. The lowest BCUT2D eigenvalue weighted by atomic mass is 10.4. The minimum atomic E-state index is 0.595. The molecule has 0 saturated heterocycles. The molecule has 94 valence electrons. The molecule has 1 saturated carbocycles. The Hall–Kier alpha value is -1.03. The summed E-state index contributed by atoms with van der Waals surface area (Å²) in [6.45, 7) is 5.29. The molecule has 0 bridgehead atoms. The highest BCUT2D eigenvalue weighted by molar-refractivity contribution is 6.18. The number of aryl methyl sites for hydroxylation is 1. The Balaban J connectivity index is 2.22. The molecule has 0 spiro atoms. The van der Waals surface area contributed by atoms with Crippen LogP contribution in [0.5, 0.6) is 5.88 Å². The molecular weight excluding hydrogens is 238 g/mol. The van der Waals surface area contributed by atoms with Crippen molar-refractivity contribution in [1.29, 1.82) is 0 Å². The van der Waals surface area contributed by atoms with Crippen LogP contribution in [0.1, 0.15) is 25.6 Å². The molecule has 0 amide bonds. The molecule has 1 heterocycles. The van der Waals surface area contributed by atoms with Gasteiger partial charge in [-0.2, -0.15) is 4.98 Å². The number of nitrogens with zero attached hydrogens (tertiary/aromatic N) is 3. The van der Waals surface area contributed by atoms with E-state index in [9.17, 15) is 0 Å². The van der Waals surface area contributed by atoms with E-state index in [1.807, 2.05) is 19.9 Å². The second-order valence-electron chi connectivity index (χ2n) is 4.16. The fourth-order valence-corrected chi connectivity index (χ4v) is 2.04. The highest BCUT2D eigenvalue weighted by Gasteiger charge is 2.30. The lowest BCUT2D eigenvalue weighted by molar-refractivity contribution is 0.325. The average molecular weight is 256 g/mol. The quantitative estimate of drug-likeness (QED) is 0.732. The lowest BCUT2D eigenvalue weighted by Gasteiger charge is -2.22. The molecule has 0 atom stereocenters. The molecular formula is C12H18ClN3O. The van der Waals surface area contributed by atoms with Gasteiger partial charge in [0.25, 0.3) is 0 Å². The number of aromatic nitrogens is 2. The second kappa shape index (κ2) is 5.54.